The van der Waals surface area contributed by atoms with Gasteiger partial charge in [0.1, 0.15) is 0 Å². The Kier molecular flexibility index (Phi) is 4.86. The molecule has 0 aliphatic heterocycles. The number of benzene rings is 1. The standard InChI is InChI=1S/C21H32N2O3S/c1-14(15-7-9-17(10-8-15)27(6,25)26)23(5)19(24)22-18-13-16-11-12-21(18,4)20(16,2)3/h7-10,14,16,18H,11-13H2,1-6H3,(H,22,24)/t14-,16-,18-,21-/m1/s1. The third-order valence-electron chi connectivity index (χ3n) is 7.78. The Balaban J connectivity index is 1.69. The number of nitrogens with one attached hydrogen (secondary N) is 1. The van der Waals surface area contributed by atoms with Crippen molar-refractivity contribution in [1.82, 2.24) is 10.2 Å². The molecule has 3 rings (SSSR count). The molecule has 4 atom stereocenters. The molecule has 2 amide bonds. The van der Waals surface area contributed by atoms with E-state index in [0.29, 0.717) is 10.8 Å². The van der Waals surface area contributed by atoms with E-state index in [1.54, 1.807) is 36.2 Å². The monoisotopic (exact) mass is 392 g/mol. The Morgan fingerprint density at radius 3 is 2.26 bits per heavy atom. The maximum Gasteiger partial charge on any atom is 0.317 e. The highest BCUT2D eigenvalue weighted by molar-refractivity contribution is 7.90. The van der Waals surface area contributed by atoms with Gasteiger partial charge in [-0.05, 0) is 60.6 Å². The SMILES string of the molecule is C[C@H](c1ccc(S(C)(=O)=O)cc1)N(C)C(=O)N[C@@H]1C[C@H]2CC[C@@]1(C)C2(C)C. The van der Waals surface area contributed by atoms with E-state index in [2.05, 4.69) is 26.1 Å². The van der Waals surface area contributed by atoms with Gasteiger partial charge >= 0.3 is 6.03 Å². The van der Waals surface area contributed by atoms with Crippen molar-refractivity contribution < 1.29 is 13.2 Å². The lowest BCUT2D eigenvalue weighted by Crippen LogP contribution is -2.50. The summed E-state index contributed by atoms with van der Waals surface area (Å²) in [5.41, 5.74) is 1.32. The molecule has 1 aromatic carbocycles. The first kappa shape index (κ1) is 20.2. The van der Waals surface area contributed by atoms with Crippen molar-refractivity contribution in [3.05, 3.63) is 29.8 Å². The van der Waals surface area contributed by atoms with Gasteiger partial charge in [0, 0.05) is 19.3 Å². The lowest BCUT2D eigenvalue weighted by atomic mass is 9.69. The summed E-state index contributed by atoms with van der Waals surface area (Å²) in [5.74, 6) is 0.680. The van der Waals surface area contributed by atoms with E-state index >= 15 is 0 Å². The lowest BCUT2D eigenvalue weighted by molar-refractivity contribution is 0.117. The number of nitrogens with zero attached hydrogens (tertiary/aromatic N) is 1. The molecule has 150 valence electrons. The van der Waals surface area contributed by atoms with Crippen LogP contribution >= 0.6 is 0 Å². The van der Waals surface area contributed by atoms with Crippen molar-refractivity contribution in [3.8, 4) is 0 Å². The van der Waals surface area contributed by atoms with Crippen molar-refractivity contribution in [2.45, 2.75) is 63.9 Å². The molecule has 0 heterocycles. The fourth-order valence-corrected chi connectivity index (χ4v) is 5.70. The molecule has 2 aliphatic rings. The number of amides is 2. The van der Waals surface area contributed by atoms with Gasteiger partial charge in [0.15, 0.2) is 9.84 Å². The molecular formula is C21H32N2O3S. The summed E-state index contributed by atoms with van der Waals surface area (Å²) in [6.45, 7) is 8.96. The molecule has 1 aromatic rings. The minimum Gasteiger partial charge on any atom is -0.335 e. The van der Waals surface area contributed by atoms with Crippen LogP contribution in [0.25, 0.3) is 0 Å². The van der Waals surface area contributed by atoms with E-state index in [0.717, 1.165) is 12.0 Å². The Bertz CT molecular complexity index is 831. The van der Waals surface area contributed by atoms with Gasteiger partial charge < -0.3 is 10.2 Å². The van der Waals surface area contributed by atoms with Crippen LogP contribution in [0, 0.1) is 16.7 Å². The molecule has 2 saturated carbocycles. The van der Waals surface area contributed by atoms with Crippen molar-refractivity contribution in [2.24, 2.45) is 16.7 Å². The fraction of sp³-hybridized carbons (Fsp3) is 0.667. The highest BCUT2D eigenvalue weighted by Crippen LogP contribution is 2.65. The number of sulfone groups is 1. The van der Waals surface area contributed by atoms with E-state index in [9.17, 15) is 13.2 Å². The number of hydrogen-bond donors (Lipinski definition) is 1. The zero-order valence-electron chi connectivity index (χ0n) is 17.2. The first-order valence-electron chi connectivity index (χ1n) is 9.71. The van der Waals surface area contributed by atoms with E-state index in [1.165, 1.54) is 19.1 Å². The van der Waals surface area contributed by atoms with Gasteiger partial charge in [-0.2, -0.15) is 0 Å². The van der Waals surface area contributed by atoms with Crippen LogP contribution in [0.1, 0.15) is 58.6 Å². The average molecular weight is 393 g/mol. The van der Waals surface area contributed by atoms with Crippen molar-refractivity contribution in [2.75, 3.05) is 13.3 Å². The number of urea groups is 1. The van der Waals surface area contributed by atoms with Crippen LogP contribution in [0.15, 0.2) is 29.2 Å². The quantitative estimate of drug-likeness (QED) is 0.842. The van der Waals surface area contributed by atoms with E-state index in [-0.39, 0.29) is 28.9 Å². The van der Waals surface area contributed by atoms with Gasteiger partial charge in [0.25, 0.3) is 0 Å². The van der Waals surface area contributed by atoms with Crippen LogP contribution in [0.2, 0.25) is 0 Å². The van der Waals surface area contributed by atoms with Gasteiger partial charge in [0.2, 0.25) is 0 Å². The molecule has 0 spiro atoms. The Morgan fingerprint density at radius 1 is 1.22 bits per heavy atom. The summed E-state index contributed by atoms with van der Waals surface area (Å²) in [6, 6.07) is 6.78. The van der Waals surface area contributed by atoms with E-state index < -0.39 is 9.84 Å². The molecule has 27 heavy (non-hydrogen) atoms. The molecule has 2 bridgehead atoms. The highest BCUT2D eigenvalue weighted by atomic mass is 32.2. The summed E-state index contributed by atoms with van der Waals surface area (Å²) in [7, 11) is -1.42. The number of rotatable bonds is 4. The summed E-state index contributed by atoms with van der Waals surface area (Å²) in [4.78, 5) is 14.9. The van der Waals surface area contributed by atoms with Crippen molar-refractivity contribution >= 4 is 15.9 Å². The number of carbonyl (C=O) groups excluding carboxylic acids is 1. The predicted octanol–water partition coefficient (Wildman–Crippen LogP) is 4.01. The lowest BCUT2D eigenvalue weighted by Gasteiger charge is -2.40. The van der Waals surface area contributed by atoms with Crippen LogP contribution in [-0.2, 0) is 9.84 Å². The molecule has 2 fully saturated rings. The van der Waals surface area contributed by atoms with Gasteiger partial charge in [-0.3, -0.25) is 0 Å². The molecule has 0 radical (unpaired) electrons. The Hall–Kier alpha value is -1.56. The highest BCUT2D eigenvalue weighted by Gasteiger charge is 2.61. The smallest absolute Gasteiger partial charge is 0.317 e. The van der Waals surface area contributed by atoms with Gasteiger partial charge in [-0.25, -0.2) is 13.2 Å². The second kappa shape index (κ2) is 6.50. The topological polar surface area (TPSA) is 66.5 Å². The molecule has 5 nitrogen and oxygen atoms in total. The molecular weight excluding hydrogens is 360 g/mol. The van der Waals surface area contributed by atoms with Crippen LogP contribution in [-0.4, -0.2) is 38.7 Å². The maximum absolute atomic E-state index is 12.9. The summed E-state index contributed by atoms with van der Waals surface area (Å²) in [6.07, 6.45) is 4.68. The largest absolute Gasteiger partial charge is 0.335 e. The zero-order valence-corrected chi connectivity index (χ0v) is 18.1. The number of hydrogen-bond acceptors (Lipinski definition) is 3. The van der Waals surface area contributed by atoms with Gasteiger partial charge in [-0.15, -0.1) is 0 Å². The van der Waals surface area contributed by atoms with Crippen LogP contribution in [0.4, 0.5) is 4.79 Å². The molecule has 1 N–H and O–H groups in total. The summed E-state index contributed by atoms with van der Waals surface area (Å²) in [5, 5.41) is 3.28. The van der Waals surface area contributed by atoms with E-state index in [4.69, 9.17) is 0 Å². The molecule has 6 heteroatoms. The van der Waals surface area contributed by atoms with Gasteiger partial charge in [0.05, 0.1) is 10.9 Å². The average Bonchev–Trinajstić information content (AvgIpc) is 2.93. The van der Waals surface area contributed by atoms with Crippen LogP contribution < -0.4 is 5.32 Å². The van der Waals surface area contributed by atoms with Crippen molar-refractivity contribution in [1.29, 1.82) is 0 Å². The summed E-state index contributed by atoms with van der Waals surface area (Å²) < 4.78 is 23.2. The first-order valence-corrected chi connectivity index (χ1v) is 11.6. The zero-order chi connectivity index (χ0) is 20.2. The third kappa shape index (κ3) is 3.26. The van der Waals surface area contributed by atoms with E-state index in [1.807, 2.05) is 6.92 Å². The first-order chi connectivity index (χ1) is 12.4. The number of carbonyl (C=O) groups is 1. The fourth-order valence-electron chi connectivity index (χ4n) is 5.07. The maximum atomic E-state index is 12.9. The predicted molar refractivity (Wildman–Crippen MR) is 107 cm³/mol. The Labute approximate surface area is 163 Å². The van der Waals surface area contributed by atoms with Crippen LogP contribution in [0.3, 0.4) is 0 Å². The van der Waals surface area contributed by atoms with Crippen LogP contribution in [0.5, 0.6) is 0 Å². The molecule has 0 aromatic heterocycles. The number of fused-ring (bicyclic) bond motifs is 2. The third-order valence-corrected chi connectivity index (χ3v) is 8.91. The molecule has 0 unspecified atom stereocenters. The summed E-state index contributed by atoms with van der Waals surface area (Å²) >= 11 is 0. The second-order valence-electron chi connectivity index (χ2n) is 9.24. The van der Waals surface area contributed by atoms with Gasteiger partial charge in [-0.1, -0.05) is 32.9 Å². The Morgan fingerprint density at radius 2 is 1.81 bits per heavy atom. The normalized spacial score (nSPS) is 30.1. The molecule has 2 aliphatic carbocycles. The van der Waals surface area contributed by atoms with Crippen molar-refractivity contribution in [3.63, 3.8) is 0 Å². The molecule has 0 saturated heterocycles. The second-order valence-corrected chi connectivity index (χ2v) is 11.3. The minimum atomic E-state index is -3.21. The minimum absolute atomic E-state index is 0.0655.